The van der Waals surface area contributed by atoms with Crippen molar-refractivity contribution < 1.29 is 9.90 Å². The van der Waals surface area contributed by atoms with Crippen LogP contribution in [0.15, 0.2) is 18.2 Å². The van der Waals surface area contributed by atoms with Gasteiger partial charge in [0.15, 0.2) is 0 Å². The van der Waals surface area contributed by atoms with Crippen LogP contribution in [-0.2, 0) is 13.0 Å². The largest absolute Gasteiger partial charge is 0.392 e. The molecule has 0 saturated carbocycles. The maximum absolute atomic E-state index is 12.8. The van der Waals surface area contributed by atoms with Crippen LogP contribution < -0.4 is 0 Å². The third-order valence-electron chi connectivity index (χ3n) is 3.35. The Morgan fingerprint density at radius 2 is 1.68 bits per heavy atom. The van der Waals surface area contributed by atoms with Crippen LogP contribution in [0.25, 0.3) is 0 Å². The first-order valence-electron chi connectivity index (χ1n) is 6.98. The van der Waals surface area contributed by atoms with Crippen LogP contribution in [0.4, 0.5) is 0 Å². The van der Waals surface area contributed by atoms with Gasteiger partial charge >= 0.3 is 0 Å². The maximum atomic E-state index is 12.8. The highest BCUT2D eigenvalue weighted by Crippen LogP contribution is 2.21. The lowest BCUT2D eigenvalue weighted by Crippen LogP contribution is -2.42. The van der Waals surface area contributed by atoms with Crippen LogP contribution in [0.3, 0.4) is 0 Å². The minimum absolute atomic E-state index is 0.0199. The van der Waals surface area contributed by atoms with E-state index >= 15 is 0 Å². The molecule has 0 heterocycles. The van der Waals surface area contributed by atoms with E-state index in [-0.39, 0.29) is 24.6 Å². The first kappa shape index (κ1) is 15.7. The number of hydrogen-bond donors (Lipinski definition) is 1. The van der Waals surface area contributed by atoms with Crippen molar-refractivity contribution in [3.8, 4) is 0 Å². The summed E-state index contributed by atoms with van der Waals surface area (Å²) in [6.07, 6.45) is 0.791. The van der Waals surface area contributed by atoms with E-state index in [1.807, 2.05) is 57.7 Å². The molecule has 0 fully saturated rings. The molecule has 1 N–H and O–H groups in total. The summed E-state index contributed by atoms with van der Waals surface area (Å²) in [5.41, 5.74) is 2.40. The predicted molar refractivity (Wildman–Crippen MR) is 78.2 cm³/mol. The summed E-state index contributed by atoms with van der Waals surface area (Å²) in [4.78, 5) is 14.7. The summed E-state index contributed by atoms with van der Waals surface area (Å²) < 4.78 is 0. The smallest absolute Gasteiger partial charge is 0.254 e. The summed E-state index contributed by atoms with van der Waals surface area (Å²) in [6, 6.07) is 5.97. The second-order valence-corrected chi connectivity index (χ2v) is 5.36. The fourth-order valence-corrected chi connectivity index (χ4v) is 2.55. The molecule has 106 valence electrons. The zero-order valence-electron chi connectivity index (χ0n) is 12.6. The van der Waals surface area contributed by atoms with Gasteiger partial charge in [0, 0.05) is 17.6 Å². The molecule has 0 unspecified atom stereocenters. The Bertz CT molecular complexity index is 408. The van der Waals surface area contributed by atoms with Crippen molar-refractivity contribution >= 4 is 5.91 Å². The molecule has 0 radical (unpaired) electrons. The van der Waals surface area contributed by atoms with Crippen LogP contribution in [0.2, 0.25) is 0 Å². The van der Waals surface area contributed by atoms with E-state index in [0.717, 1.165) is 17.5 Å². The molecule has 0 aliphatic rings. The lowest BCUT2D eigenvalue weighted by Gasteiger charge is -2.32. The van der Waals surface area contributed by atoms with Gasteiger partial charge in [-0.3, -0.25) is 4.79 Å². The van der Waals surface area contributed by atoms with Gasteiger partial charge in [-0.1, -0.05) is 25.1 Å². The maximum Gasteiger partial charge on any atom is 0.254 e. The van der Waals surface area contributed by atoms with Crippen LogP contribution in [-0.4, -0.2) is 28.0 Å². The SMILES string of the molecule is CCc1cccc(CO)c1C(=O)N(C(C)C)C(C)C. The molecule has 1 aromatic carbocycles. The van der Waals surface area contributed by atoms with E-state index in [0.29, 0.717) is 5.56 Å². The summed E-state index contributed by atoms with van der Waals surface area (Å²) >= 11 is 0. The fraction of sp³-hybridized carbons (Fsp3) is 0.562. The number of carbonyl (C=O) groups is 1. The van der Waals surface area contributed by atoms with Crippen molar-refractivity contribution in [2.75, 3.05) is 0 Å². The number of benzene rings is 1. The van der Waals surface area contributed by atoms with E-state index < -0.39 is 0 Å². The molecular formula is C16H25NO2. The molecule has 0 atom stereocenters. The Balaban J connectivity index is 3.31. The number of nitrogens with zero attached hydrogens (tertiary/aromatic N) is 1. The van der Waals surface area contributed by atoms with Gasteiger partial charge < -0.3 is 10.0 Å². The number of carbonyl (C=O) groups excluding carboxylic acids is 1. The van der Waals surface area contributed by atoms with Crippen LogP contribution >= 0.6 is 0 Å². The number of amides is 1. The van der Waals surface area contributed by atoms with E-state index in [2.05, 4.69) is 0 Å². The van der Waals surface area contributed by atoms with E-state index in [9.17, 15) is 9.90 Å². The van der Waals surface area contributed by atoms with Crippen molar-refractivity contribution in [2.45, 2.75) is 59.7 Å². The van der Waals surface area contributed by atoms with Gasteiger partial charge in [-0.2, -0.15) is 0 Å². The fourth-order valence-electron chi connectivity index (χ4n) is 2.55. The second-order valence-electron chi connectivity index (χ2n) is 5.36. The Labute approximate surface area is 116 Å². The van der Waals surface area contributed by atoms with Crippen LogP contribution in [0.5, 0.6) is 0 Å². The van der Waals surface area contributed by atoms with E-state index in [4.69, 9.17) is 0 Å². The summed E-state index contributed by atoms with van der Waals surface area (Å²) in [5.74, 6) is 0.0199. The van der Waals surface area contributed by atoms with Crippen molar-refractivity contribution in [2.24, 2.45) is 0 Å². The Hall–Kier alpha value is -1.35. The molecule has 0 bridgehead atoms. The molecule has 0 saturated heterocycles. The van der Waals surface area contributed by atoms with E-state index in [1.165, 1.54) is 0 Å². The summed E-state index contributed by atoms with van der Waals surface area (Å²) in [5, 5.41) is 9.48. The number of hydrogen-bond acceptors (Lipinski definition) is 2. The first-order chi connectivity index (χ1) is 8.93. The molecule has 1 amide bonds. The second kappa shape index (κ2) is 6.71. The first-order valence-corrected chi connectivity index (χ1v) is 6.98. The molecule has 1 rings (SSSR count). The number of rotatable bonds is 5. The number of aliphatic hydroxyl groups excluding tert-OH is 1. The minimum atomic E-state index is -0.0983. The average molecular weight is 263 g/mol. The van der Waals surface area contributed by atoms with Gasteiger partial charge in [0.25, 0.3) is 5.91 Å². The Morgan fingerprint density at radius 1 is 1.16 bits per heavy atom. The van der Waals surface area contributed by atoms with Gasteiger partial charge in [0.1, 0.15) is 0 Å². The van der Waals surface area contributed by atoms with Crippen LogP contribution in [0.1, 0.15) is 56.1 Å². The monoisotopic (exact) mass is 263 g/mol. The molecule has 1 aromatic rings. The van der Waals surface area contributed by atoms with Gasteiger partial charge in [0.05, 0.1) is 6.61 Å². The van der Waals surface area contributed by atoms with Crippen molar-refractivity contribution in [3.63, 3.8) is 0 Å². The average Bonchev–Trinajstić information content (AvgIpc) is 2.36. The third kappa shape index (κ3) is 3.35. The molecule has 3 nitrogen and oxygen atoms in total. The molecule has 0 aromatic heterocycles. The minimum Gasteiger partial charge on any atom is -0.392 e. The van der Waals surface area contributed by atoms with E-state index in [1.54, 1.807) is 0 Å². The normalized spacial score (nSPS) is 11.2. The topological polar surface area (TPSA) is 40.5 Å². The lowest BCUT2D eigenvalue weighted by molar-refractivity contribution is 0.0639. The molecule has 3 heteroatoms. The summed E-state index contributed by atoms with van der Waals surface area (Å²) in [7, 11) is 0. The zero-order chi connectivity index (χ0) is 14.6. The van der Waals surface area contributed by atoms with Gasteiger partial charge in [0.2, 0.25) is 0 Å². The standard InChI is InChI=1S/C16H25NO2/c1-6-13-8-7-9-14(10-18)15(13)16(19)17(11(2)3)12(4)5/h7-9,11-12,18H,6,10H2,1-5H3. The number of aliphatic hydroxyl groups is 1. The highest BCUT2D eigenvalue weighted by molar-refractivity contribution is 5.97. The van der Waals surface area contributed by atoms with Crippen molar-refractivity contribution in [1.29, 1.82) is 0 Å². The molecule has 0 aliphatic heterocycles. The number of aryl methyl sites for hydroxylation is 1. The summed E-state index contributed by atoms with van der Waals surface area (Å²) in [6.45, 7) is 10.0. The zero-order valence-corrected chi connectivity index (χ0v) is 12.6. The molecule has 19 heavy (non-hydrogen) atoms. The lowest BCUT2D eigenvalue weighted by atomic mass is 9.97. The van der Waals surface area contributed by atoms with Gasteiger partial charge in [-0.15, -0.1) is 0 Å². The molecule has 0 aliphatic carbocycles. The van der Waals surface area contributed by atoms with Crippen molar-refractivity contribution in [3.05, 3.63) is 34.9 Å². The Kier molecular flexibility index (Phi) is 5.55. The molecule has 0 spiro atoms. The van der Waals surface area contributed by atoms with Gasteiger partial charge in [-0.05, 0) is 45.2 Å². The highest BCUT2D eigenvalue weighted by Gasteiger charge is 2.25. The van der Waals surface area contributed by atoms with Crippen molar-refractivity contribution in [1.82, 2.24) is 4.90 Å². The van der Waals surface area contributed by atoms with Crippen LogP contribution in [0, 0.1) is 0 Å². The quantitative estimate of drug-likeness (QED) is 0.887. The third-order valence-corrected chi connectivity index (χ3v) is 3.35. The predicted octanol–water partition coefficient (Wildman–Crippen LogP) is 3.00. The molecular weight excluding hydrogens is 238 g/mol. The Morgan fingerprint density at radius 3 is 2.11 bits per heavy atom. The highest BCUT2D eigenvalue weighted by atomic mass is 16.3. The van der Waals surface area contributed by atoms with Gasteiger partial charge in [-0.25, -0.2) is 0 Å².